The third-order valence-electron chi connectivity index (χ3n) is 11.7. The van der Waals surface area contributed by atoms with Crippen molar-refractivity contribution in [3.05, 3.63) is 102 Å². The van der Waals surface area contributed by atoms with E-state index in [-0.39, 0.29) is 24.3 Å². The van der Waals surface area contributed by atoms with Crippen molar-refractivity contribution in [2.24, 2.45) is 0 Å². The molecule has 1 aromatic heterocycles. The molecular weight excluding hydrogens is 616 g/mol. The van der Waals surface area contributed by atoms with Crippen LogP contribution in [-0.2, 0) is 10.8 Å². The highest BCUT2D eigenvalue weighted by Gasteiger charge is 2.49. The third-order valence-corrected chi connectivity index (χ3v) is 14.4. The number of fused-ring (bicyclic) bond motifs is 9. The highest BCUT2D eigenvalue weighted by Crippen LogP contribution is 2.47. The number of hydrogen-bond acceptors (Lipinski definition) is 2. The van der Waals surface area contributed by atoms with Gasteiger partial charge in [0.1, 0.15) is 0 Å². The van der Waals surface area contributed by atoms with Crippen molar-refractivity contribution in [1.29, 1.82) is 0 Å². The van der Waals surface area contributed by atoms with Crippen LogP contribution in [0.15, 0.2) is 105 Å². The summed E-state index contributed by atoms with van der Waals surface area (Å²) >= 11 is 4.04. The minimum atomic E-state index is 0.0223. The van der Waals surface area contributed by atoms with E-state index in [9.17, 15) is 0 Å². The molecule has 0 saturated heterocycles. The normalized spacial score (nSPS) is 15.1. The Morgan fingerprint density at radius 3 is 1.79 bits per heavy atom. The standard InChI is InChI=1S/C43H35B2NS2/c1-22-39-34-38-35-40(22)48-41-26-13-9-8-12-23(26)16-17-30(41)45(35)32-21-25(43(5,6)7)19-28-27-18-24(42(2,3)4)20-31(36(27)46(38)37(28)32)44(34)29-14-10-11-15-33(29)47-39/h8-21H,1-7H3. The second kappa shape index (κ2) is 8.86. The van der Waals surface area contributed by atoms with Crippen LogP contribution < -0.4 is 32.8 Å². The minimum Gasteiger partial charge on any atom is -0.311 e. The first kappa shape index (κ1) is 28.1. The molecular formula is C43H35B2NS2. The quantitative estimate of drug-likeness (QED) is 0.157. The van der Waals surface area contributed by atoms with E-state index < -0.39 is 0 Å². The van der Waals surface area contributed by atoms with Gasteiger partial charge in [0, 0.05) is 47.1 Å². The lowest BCUT2D eigenvalue weighted by molar-refractivity contribution is 0.591. The topological polar surface area (TPSA) is 4.93 Å². The maximum absolute atomic E-state index is 2.75. The Hall–Kier alpha value is -3.79. The molecule has 0 aliphatic carbocycles. The lowest BCUT2D eigenvalue weighted by Crippen LogP contribution is -2.66. The highest BCUT2D eigenvalue weighted by atomic mass is 32.2. The smallest absolute Gasteiger partial charge is 0.249 e. The number of nitrogens with zero attached hydrogens (tertiary/aromatic N) is 1. The average molecular weight is 652 g/mol. The van der Waals surface area contributed by atoms with E-state index in [4.69, 9.17) is 0 Å². The van der Waals surface area contributed by atoms with Crippen LogP contribution in [0.1, 0.15) is 58.2 Å². The summed E-state index contributed by atoms with van der Waals surface area (Å²) in [6, 6.07) is 33.3. The Morgan fingerprint density at radius 1 is 0.542 bits per heavy atom. The number of benzene rings is 6. The van der Waals surface area contributed by atoms with Gasteiger partial charge in [-0.15, -0.1) is 0 Å². The zero-order valence-electron chi connectivity index (χ0n) is 28.5. The van der Waals surface area contributed by atoms with Gasteiger partial charge in [0.05, 0.1) is 0 Å². The molecule has 4 aliphatic rings. The first-order valence-electron chi connectivity index (χ1n) is 17.3. The van der Waals surface area contributed by atoms with E-state index in [0.717, 1.165) is 0 Å². The van der Waals surface area contributed by atoms with Crippen molar-refractivity contribution in [2.75, 3.05) is 0 Å². The summed E-state index contributed by atoms with van der Waals surface area (Å²) in [5.74, 6) is 0. The van der Waals surface area contributed by atoms with E-state index >= 15 is 0 Å². The molecule has 0 atom stereocenters. The van der Waals surface area contributed by atoms with Gasteiger partial charge in [-0.05, 0) is 85.3 Å². The summed E-state index contributed by atoms with van der Waals surface area (Å²) in [6.45, 7) is 17.1. The summed E-state index contributed by atoms with van der Waals surface area (Å²) in [5, 5.41) is 5.53. The van der Waals surface area contributed by atoms with E-state index in [1.54, 1.807) is 0 Å². The molecule has 0 saturated carbocycles. The van der Waals surface area contributed by atoms with Crippen LogP contribution in [0.25, 0.3) is 38.3 Å². The molecule has 230 valence electrons. The molecule has 6 aromatic carbocycles. The van der Waals surface area contributed by atoms with Gasteiger partial charge in [-0.1, -0.05) is 143 Å². The Labute approximate surface area is 291 Å². The lowest BCUT2D eigenvalue weighted by Gasteiger charge is -2.42. The zero-order chi connectivity index (χ0) is 32.6. The molecule has 5 heteroatoms. The molecule has 4 aliphatic heterocycles. The SMILES string of the molecule is Cc1c2c3c4c5c1Sc1c(ccc6ccccc16)B5c1cc(C(C)(C)C)cc5c6cc(C(C)(C)C)cc(c6n-4c15)B3c1ccccc1S2. The first-order valence-corrected chi connectivity index (χ1v) is 19.0. The highest BCUT2D eigenvalue weighted by molar-refractivity contribution is 8.01. The van der Waals surface area contributed by atoms with Crippen LogP contribution in [0.4, 0.5) is 0 Å². The van der Waals surface area contributed by atoms with Gasteiger partial charge in [0.2, 0.25) is 13.4 Å². The zero-order valence-corrected chi connectivity index (χ0v) is 30.1. The van der Waals surface area contributed by atoms with Crippen molar-refractivity contribution in [3.8, 4) is 5.69 Å². The summed E-state index contributed by atoms with van der Waals surface area (Å²) in [5.41, 5.74) is 17.6. The third kappa shape index (κ3) is 3.31. The molecule has 1 nitrogen and oxygen atoms in total. The van der Waals surface area contributed by atoms with E-state index in [2.05, 4.69) is 138 Å². The lowest BCUT2D eigenvalue weighted by atomic mass is 9.31. The molecule has 0 amide bonds. The molecule has 0 fully saturated rings. The Balaban J connectivity index is 1.42. The molecule has 48 heavy (non-hydrogen) atoms. The number of rotatable bonds is 0. The molecule has 0 N–H and O–H groups in total. The van der Waals surface area contributed by atoms with Crippen LogP contribution >= 0.6 is 23.5 Å². The van der Waals surface area contributed by atoms with Crippen LogP contribution in [-0.4, -0.2) is 18.0 Å². The molecule has 5 heterocycles. The molecule has 11 rings (SSSR count). The average Bonchev–Trinajstić information content (AvgIpc) is 3.40. The summed E-state index contributed by atoms with van der Waals surface area (Å²) in [4.78, 5) is 5.78. The van der Waals surface area contributed by atoms with Crippen LogP contribution in [0.5, 0.6) is 0 Å². The first-order chi connectivity index (χ1) is 23.0. The molecule has 0 spiro atoms. The summed E-state index contributed by atoms with van der Waals surface area (Å²) in [7, 11) is 0. The Bertz CT molecular complexity index is 2670. The van der Waals surface area contributed by atoms with E-state index in [1.165, 1.54) is 107 Å². The van der Waals surface area contributed by atoms with Crippen molar-refractivity contribution < 1.29 is 0 Å². The van der Waals surface area contributed by atoms with Crippen LogP contribution in [0, 0.1) is 6.92 Å². The van der Waals surface area contributed by atoms with Crippen LogP contribution in [0.2, 0.25) is 0 Å². The van der Waals surface area contributed by atoms with Gasteiger partial charge in [-0.3, -0.25) is 0 Å². The fourth-order valence-electron chi connectivity index (χ4n) is 9.35. The summed E-state index contributed by atoms with van der Waals surface area (Å²) in [6.07, 6.45) is 0. The predicted octanol–water partition coefficient (Wildman–Crippen LogP) is 7.43. The van der Waals surface area contributed by atoms with Crippen molar-refractivity contribution >= 4 is 102 Å². The van der Waals surface area contributed by atoms with E-state index in [1.807, 2.05) is 23.5 Å². The maximum atomic E-state index is 2.75. The molecule has 0 bridgehead atoms. The van der Waals surface area contributed by atoms with Crippen molar-refractivity contribution in [2.45, 2.75) is 78.9 Å². The number of aromatic nitrogens is 1. The maximum Gasteiger partial charge on any atom is 0.249 e. The van der Waals surface area contributed by atoms with Crippen molar-refractivity contribution in [1.82, 2.24) is 4.57 Å². The van der Waals surface area contributed by atoms with Crippen LogP contribution in [0.3, 0.4) is 0 Å². The number of hydrogen-bond donors (Lipinski definition) is 0. The minimum absolute atomic E-state index is 0.0223. The van der Waals surface area contributed by atoms with Gasteiger partial charge in [-0.25, -0.2) is 0 Å². The Kier molecular flexibility index (Phi) is 5.19. The second-order valence-corrected chi connectivity index (χ2v) is 18.6. The molecule has 0 unspecified atom stereocenters. The fourth-order valence-corrected chi connectivity index (χ4v) is 12.1. The predicted molar refractivity (Wildman–Crippen MR) is 211 cm³/mol. The Morgan fingerprint density at radius 2 is 1.12 bits per heavy atom. The van der Waals surface area contributed by atoms with E-state index in [0.29, 0.717) is 0 Å². The fraction of sp³-hybridized carbons (Fsp3) is 0.209. The monoisotopic (exact) mass is 651 g/mol. The summed E-state index contributed by atoms with van der Waals surface area (Å²) < 4.78 is 2.75. The van der Waals surface area contributed by atoms with Gasteiger partial charge in [0.15, 0.2) is 0 Å². The van der Waals surface area contributed by atoms with Crippen molar-refractivity contribution in [3.63, 3.8) is 0 Å². The largest absolute Gasteiger partial charge is 0.311 e. The van der Waals surface area contributed by atoms with Gasteiger partial charge in [-0.2, -0.15) is 0 Å². The van der Waals surface area contributed by atoms with Gasteiger partial charge >= 0.3 is 0 Å². The van der Waals surface area contributed by atoms with Gasteiger partial charge < -0.3 is 4.57 Å². The second-order valence-electron chi connectivity index (χ2n) is 16.5. The molecule has 0 radical (unpaired) electrons. The molecule has 7 aromatic rings. The van der Waals surface area contributed by atoms with Gasteiger partial charge in [0.25, 0.3) is 0 Å².